The van der Waals surface area contributed by atoms with Gasteiger partial charge in [-0.05, 0) is 44.9 Å². The first-order valence-electron chi connectivity index (χ1n) is 9.21. The molecule has 0 aliphatic carbocycles. The number of H-pyrrole nitrogens is 2. The Bertz CT molecular complexity index is 1220. The Morgan fingerprint density at radius 3 is 2.76 bits per heavy atom. The Morgan fingerprint density at radius 2 is 2.03 bits per heavy atom. The van der Waals surface area contributed by atoms with Gasteiger partial charge >= 0.3 is 5.69 Å². The van der Waals surface area contributed by atoms with Crippen molar-refractivity contribution in [3.05, 3.63) is 40.1 Å². The van der Waals surface area contributed by atoms with E-state index in [1.165, 1.54) is 4.31 Å². The van der Waals surface area contributed by atoms with Crippen molar-refractivity contribution in [2.75, 3.05) is 18.4 Å². The van der Waals surface area contributed by atoms with Crippen LogP contribution in [0.5, 0.6) is 0 Å². The Morgan fingerprint density at radius 1 is 1.28 bits per heavy atom. The summed E-state index contributed by atoms with van der Waals surface area (Å²) in [6.45, 7) is 3.57. The number of aromatic nitrogens is 3. The number of piperidine rings is 1. The highest BCUT2D eigenvalue weighted by Gasteiger charge is 2.36. The van der Waals surface area contributed by atoms with Gasteiger partial charge in [-0.1, -0.05) is 5.16 Å². The molecule has 0 bridgehead atoms. The lowest BCUT2D eigenvalue weighted by molar-refractivity contribution is -0.120. The molecule has 4 rings (SSSR count). The lowest BCUT2D eigenvalue weighted by atomic mass is 9.98. The quantitative estimate of drug-likeness (QED) is 0.585. The van der Waals surface area contributed by atoms with Gasteiger partial charge in [0.25, 0.3) is 0 Å². The molecule has 1 atom stereocenters. The highest BCUT2D eigenvalue weighted by molar-refractivity contribution is 7.89. The topological polar surface area (TPSA) is 141 Å². The minimum absolute atomic E-state index is 0.0698. The SMILES string of the molecule is Cc1noc(C)c1S(=O)(=O)N1CCC[C@@H](C(=O)Nc2ccc3[nH]c(=O)[nH]c3c2)C1. The predicted octanol–water partition coefficient (Wildman–Crippen LogP) is 1.50. The van der Waals surface area contributed by atoms with Crippen molar-refractivity contribution in [3.63, 3.8) is 0 Å². The van der Waals surface area contributed by atoms with E-state index in [1.807, 2.05) is 0 Å². The van der Waals surface area contributed by atoms with Crippen molar-refractivity contribution < 1.29 is 17.7 Å². The number of nitrogens with zero attached hydrogens (tertiary/aromatic N) is 2. The Kier molecular flexibility index (Phi) is 4.79. The van der Waals surface area contributed by atoms with Crippen molar-refractivity contribution in [1.29, 1.82) is 0 Å². The number of sulfonamides is 1. The number of aryl methyl sites for hydroxylation is 2. The molecule has 154 valence electrons. The number of imidazole rings is 1. The maximum Gasteiger partial charge on any atom is 0.323 e. The number of nitrogens with one attached hydrogen (secondary N) is 3. The van der Waals surface area contributed by atoms with E-state index in [1.54, 1.807) is 32.0 Å². The lowest BCUT2D eigenvalue weighted by Gasteiger charge is -2.31. The first-order valence-corrected chi connectivity index (χ1v) is 10.7. The largest absolute Gasteiger partial charge is 0.360 e. The van der Waals surface area contributed by atoms with E-state index < -0.39 is 15.9 Å². The smallest absolute Gasteiger partial charge is 0.323 e. The number of carbonyl (C=O) groups excluding carboxylic acids is 1. The summed E-state index contributed by atoms with van der Waals surface area (Å²) in [6, 6.07) is 5.04. The molecule has 0 radical (unpaired) electrons. The van der Waals surface area contributed by atoms with Crippen LogP contribution >= 0.6 is 0 Å². The molecule has 1 fully saturated rings. The van der Waals surface area contributed by atoms with Crippen LogP contribution in [-0.2, 0) is 14.8 Å². The van der Waals surface area contributed by atoms with Gasteiger partial charge in [-0.3, -0.25) is 4.79 Å². The van der Waals surface area contributed by atoms with Crippen molar-refractivity contribution in [3.8, 4) is 0 Å². The lowest BCUT2D eigenvalue weighted by Crippen LogP contribution is -2.43. The molecule has 10 nitrogen and oxygen atoms in total. The van der Waals surface area contributed by atoms with Gasteiger partial charge in [0.1, 0.15) is 10.6 Å². The fraction of sp³-hybridized carbons (Fsp3) is 0.389. The fourth-order valence-corrected chi connectivity index (χ4v) is 5.52. The molecule has 1 saturated heterocycles. The summed E-state index contributed by atoms with van der Waals surface area (Å²) in [6.07, 6.45) is 1.16. The first-order chi connectivity index (χ1) is 13.8. The van der Waals surface area contributed by atoms with Crippen LogP contribution in [0.15, 0.2) is 32.4 Å². The first kappa shape index (κ1) is 19.4. The van der Waals surface area contributed by atoms with Crippen LogP contribution in [0, 0.1) is 19.8 Å². The molecule has 0 unspecified atom stereocenters. The van der Waals surface area contributed by atoms with Crippen LogP contribution in [0.4, 0.5) is 5.69 Å². The summed E-state index contributed by atoms with van der Waals surface area (Å²) < 4.78 is 32.4. The number of carbonyl (C=O) groups is 1. The zero-order chi connectivity index (χ0) is 20.8. The third-order valence-electron chi connectivity index (χ3n) is 5.10. The number of anilines is 1. The number of hydrogen-bond donors (Lipinski definition) is 3. The monoisotopic (exact) mass is 419 g/mol. The van der Waals surface area contributed by atoms with E-state index in [0.29, 0.717) is 41.8 Å². The summed E-state index contributed by atoms with van der Waals surface area (Å²) in [5, 5.41) is 6.54. The van der Waals surface area contributed by atoms with Crippen LogP contribution in [0.25, 0.3) is 11.0 Å². The molecular formula is C18H21N5O5S. The third-order valence-corrected chi connectivity index (χ3v) is 7.21. The van der Waals surface area contributed by atoms with Crippen LogP contribution in [0.1, 0.15) is 24.3 Å². The normalized spacial score (nSPS) is 18.2. The van der Waals surface area contributed by atoms with Gasteiger partial charge < -0.3 is 19.8 Å². The Balaban J connectivity index is 1.51. The second kappa shape index (κ2) is 7.16. The minimum atomic E-state index is -3.79. The second-order valence-corrected chi connectivity index (χ2v) is 9.06. The van der Waals surface area contributed by atoms with Crippen LogP contribution < -0.4 is 11.0 Å². The number of rotatable bonds is 4. The molecular weight excluding hydrogens is 398 g/mol. The van der Waals surface area contributed by atoms with E-state index >= 15 is 0 Å². The van der Waals surface area contributed by atoms with E-state index in [-0.39, 0.29) is 28.8 Å². The van der Waals surface area contributed by atoms with Crippen molar-refractivity contribution in [2.45, 2.75) is 31.6 Å². The second-order valence-electron chi connectivity index (χ2n) is 7.18. The fourth-order valence-electron chi connectivity index (χ4n) is 3.70. The molecule has 0 spiro atoms. The van der Waals surface area contributed by atoms with E-state index in [4.69, 9.17) is 4.52 Å². The van der Waals surface area contributed by atoms with Crippen LogP contribution in [0.3, 0.4) is 0 Å². The van der Waals surface area contributed by atoms with Crippen molar-refractivity contribution in [1.82, 2.24) is 19.4 Å². The summed E-state index contributed by atoms with van der Waals surface area (Å²) in [5.41, 5.74) is 1.74. The van der Waals surface area contributed by atoms with Gasteiger partial charge in [-0.15, -0.1) is 0 Å². The number of hydrogen-bond acceptors (Lipinski definition) is 6. The Hall–Kier alpha value is -2.92. The molecule has 11 heteroatoms. The summed E-state index contributed by atoms with van der Waals surface area (Å²) in [5.74, 6) is -0.510. The standard InChI is InChI=1S/C18H21N5O5S/c1-10-16(11(2)28-22-10)29(26,27)23-7-3-4-12(9-23)17(24)19-13-5-6-14-15(8-13)21-18(25)20-14/h5-6,8,12H,3-4,7,9H2,1-2H3,(H,19,24)(H2,20,21,25)/t12-/m1/s1. The molecule has 29 heavy (non-hydrogen) atoms. The molecule has 1 amide bonds. The number of benzene rings is 1. The molecule has 1 aromatic carbocycles. The molecule has 1 aliphatic heterocycles. The highest BCUT2D eigenvalue weighted by atomic mass is 32.2. The van der Waals surface area contributed by atoms with Gasteiger partial charge in [0.2, 0.25) is 15.9 Å². The van der Waals surface area contributed by atoms with Gasteiger partial charge in [-0.2, -0.15) is 4.31 Å². The molecule has 3 N–H and O–H groups in total. The summed E-state index contributed by atoms with van der Waals surface area (Å²) in [4.78, 5) is 29.5. The summed E-state index contributed by atoms with van der Waals surface area (Å²) >= 11 is 0. The van der Waals surface area contributed by atoms with Crippen LogP contribution in [-0.4, -0.2) is 46.8 Å². The van der Waals surface area contributed by atoms with E-state index in [9.17, 15) is 18.0 Å². The number of amides is 1. The molecule has 0 saturated carbocycles. The molecule has 1 aliphatic rings. The zero-order valence-electron chi connectivity index (χ0n) is 16.0. The minimum Gasteiger partial charge on any atom is -0.360 e. The van der Waals surface area contributed by atoms with E-state index in [2.05, 4.69) is 20.4 Å². The molecule has 3 aromatic rings. The van der Waals surface area contributed by atoms with Crippen molar-refractivity contribution in [2.24, 2.45) is 5.92 Å². The maximum atomic E-state index is 13.0. The predicted molar refractivity (Wildman–Crippen MR) is 105 cm³/mol. The van der Waals surface area contributed by atoms with Gasteiger partial charge in [0.05, 0.1) is 17.0 Å². The average molecular weight is 419 g/mol. The van der Waals surface area contributed by atoms with Gasteiger partial charge in [0.15, 0.2) is 5.76 Å². The van der Waals surface area contributed by atoms with Crippen LogP contribution in [0.2, 0.25) is 0 Å². The Labute approximate surface area is 166 Å². The average Bonchev–Trinajstić information content (AvgIpc) is 3.22. The van der Waals surface area contributed by atoms with E-state index in [0.717, 1.165) is 0 Å². The highest BCUT2D eigenvalue weighted by Crippen LogP contribution is 2.28. The van der Waals surface area contributed by atoms with Crippen molar-refractivity contribution >= 4 is 32.7 Å². The summed E-state index contributed by atoms with van der Waals surface area (Å²) in [7, 11) is -3.79. The number of aromatic amines is 2. The molecule has 2 aromatic heterocycles. The zero-order valence-corrected chi connectivity index (χ0v) is 16.8. The number of fused-ring (bicyclic) bond motifs is 1. The molecule has 3 heterocycles. The maximum absolute atomic E-state index is 13.0. The van der Waals surface area contributed by atoms with Gasteiger partial charge in [0, 0.05) is 18.8 Å². The third kappa shape index (κ3) is 3.58. The van der Waals surface area contributed by atoms with Gasteiger partial charge in [-0.25, -0.2) is 13.2 Å².